The number of pyridine rings is 1. The van der Waals surface area contributed by atoms with Crippen LogP contribution in [0.15, 0.2) is 60.9 Å². The lowest BCUT2D eigenvalue weighted by Gasteiger charge is -2.19. The maximum atomic E-state index is 13.4. The molecule has 0 radical (unpaired) electrons. The Morgan fingerprint density at radius 3 is 2.22 bits per heavy atom. The van der Waals surface area contributed by atoms with Crippen molar-refractivity contribution < 1.29 is 35.9 Å². The predicted octanol–water partition coefficient (Wildman–Crippen LogP) is 5.02. The van der Waals surface area contributed by atoms with E-state index in [1.165, 1.54) is 6.07 Å². The van der Waals surface area contributed by atoms with Crippen LogP contribution in [0.4, 0.5) is 26.3 Å². The molecule has 3 N–H and O–H groups in total. The summed E-state index contributed by atoms with van der Waals surface area (Å²) < 4.78 is 80.1. The molecule has 0 saturated carbocycles. The van der Waals surface area contributed by atoms with Crippen LogP contribution in [0.3, 0.4) is 0 Å². The van der Waals surface area contributed by atoms with Gasteiger partial charge < -0.3 is 4.90 Å². The summed E-state index contributed by atoms with van der Waals surface area (Å²) in [5.41, 5.74) is -1.33. The molecule has 0 spiro atoms. The van der Waals surface area contributed by atoms with Crippen LogP contribution < -0.4 is 11.3 Å². The molecule has 6 nitrogen and oxygen atoms in total. The van der Waals surface area contributed by atoms with E-state index in [1.54, 1.807) is 23.4 Å². The van der Waals surface area contributed by atoms with E-state index in [1.807, 2.05) is 11.5 Å². The first-order valence-electron chi connectivity index (χ1n) is 11.0. The first-order valence-corrected chi connectivity index (χ1v) is 11.0. The van der Waals surface area contributed by atoms with Crippen LogP contribution in [0.5, 0.6) is 0 Å². The molecule has 0 aliphatic carbocycles. The zero-order valence-electron chi connectivity index (χ0n) is 19.0. The third-order valence-electron chi connectivity index (χ3n) is 6.17. The largest absolute Gasteiger partial charge is 0.416 e. The standard InChI is InChI=1S/C25H20F6N4O2/c26-24(27,28)18-8-17(9-19(11-18)25(29,30)31)20-4-3-14(10-21(20)22(36)34-32)23(37)35-7-5-16(13-35)15-2-1-6-33-12-15/h1-4,6,8-12,16H,5,7,13,32H2,(H,34,36). The molecule has 1 aromatic heterocycles. The second-order valence-electron chi connectivity index (χ2n) is 8.55. The van der Waals surface area contributed by atoms with Gasteiger partial charge in [-0.25, -0.2) is 5.84 Å². The number of hydrogen-bond donors (Lipinski definition) is 2. The maximum absolute atomic E-state index is 13.4. The third kappa shape index (κ3) is 5.58. The van der Waals surface area contributed by atoms with Gasteiger partial charge in [-0.2, -0.15) is 26.3 Å². The molecule has 1 aliphatic rings. The molecule has 2 amide bonds. The van der Waals surface area contributed by atoms with E-state index in [0.717, 1.165) is 17.7 Å². The summed E-state index contributed by atoms with van der Waals surface area (Å²) in [6.07, 6.45) is -6.11. The number of nitrogens with two attached hydrogens (primary N) is 1. The first kappa shape index (κ1) is 26.1. The highest BCUT2D eigenvalue weighted by atomic mass is 19.4. The van der Waals surface area contributed by atoms with Crippen LogP contribution in [0.25, 0.3) is 11.1 Å². The molecule has 2 aromatic carbocycles. The Morgan fingerprint density at radius 2 is 1.65 bits per heavy atom. The molecule has 12 heteroatoms. The molecular weight excluding hydrogens is 502 g/mol. The highest BCUT2D eigenvalue weighted by Gasteiger charge is 2.37. The van der Waals surface area contributed by atoms with Crippen molar-refractivity contribution in [1.29, 1.82) is 0 Å². The number of hydrazine groups is 1. The van der Waals surface area contributed by atoms with Crippen molar-refractivity contribution in [3.05, 3.63) is 88.7 Å². The molecule has 1 fully saturated rings. The molecular formula is C25H20F6N4O2. The molecule has 1 aliphatic heterocycles. The Kier molecular flexibility index (Phi) is 6.96. The number of hydrogen-bond acceptors (Lipinski definition) is 4. The van der Waals surface area contributed by atoms with Crippen LogP contribution in [-0.4, -0.2) is 34.8 Å². The number of amides is 2. The number of nitrogen functional groups attached to an aromatic ring is 1. The number of carbonyl (C=O) groups is 2. The molecule has 0 bridgehead atoms. The molecule has 3 aromatic rings. The zero-order chi connectivity index (χ0) is 27.0. The van der Waals surface area contributed by atoms with E-state index in [9.17, 15) is 35.9 Å². The minimum Gasteiger partial charge on any atom is -0.338 e. The monoisotopic (exact) mass is 522 g/mol. The number of rotatable bonds is 4. The fourth-order valence-electron chi connectivity index (χ4n) is 4.32. The Hall–Kier alpha value is -3.93. The maximum Gasteiger partial charge on any atom is 0.416 e. The van der Waals surface area contributed by atoms with E-state index in [-0.39, 0.29) is 28.7 Å². The number of halogens is 6. The second kappa shape index (κ2) is 9.85. The van der Waals surface area contributed by atoms with E-state index in [4.69, 9.17) is 5.84 Å². The van der Waals surface area contributed by atoms with Gasteiger partial charge in [0.2, 0.25) is 0 Å². The van der Waals surface area contributed by atoms with Gasteiger partial charge in [-0.15, -0.1) is 0 Å². The van der Waals surface area contributed by atoms with Gasteiger partial charge in [-0.3, -0.25) is 20.0 Å². The van der Waals surface area contributed by atoms with Gasteiger partial charge >= 0.3 is 12.4 Å². The average Bonchev–Trinajstić information content (AvgIpc) is 3.37. The third-order valence-corrected chi connectivity index (χ3v) is 6.17. The van der Waals surface area contributed by atoms with Crippen LogP contribution in [0, 0.1) is 0 Å². The van der Waals surface area contributed by atoms with E-state index in [2.05, 4.69) is 4.98 Å². The van der Waals surface area contributed by atoms with Gasteiger partial charge in [-0.05, 0) is 59.5 Å². The van der Waals surface area contributed by atoms with Crippen molar-refractivity contribution in [3.8, 4) is 11.1 Å². The van der Waals surface area contributed by atoms with Crippen molar-refractivity contribution in [2.75, 3.05) is 13.1 Å². The number of likely N-dealkylation sites (tertiary alicyclic amines) is 1. The molecule has 1 saturated heterocycles. The van der Waals surface area contributed by atoms with Crippen molar-refractivity contribution in [3.63, 3.8) is 0 Å². The number of alkyl halides is 6. The number of nitrogens with zero attached hydrogens (tertiary/aromatic N) is 2. The number of aromatic nitrogens is 1. The topological polar surface area (TPSA) is 88.3 Å². The zero-order valence-corrected chi connectivity index (χ0v) is 19.0. The van der Waals surface area contributed by atoms with Crippen LogP contribution in [0.2, 0.25) is 0 Å². The molecule has 37 heavy (non-hydrogen) atoms. The Bertz CT molecular complexity index is 1290. The lowest BCUT2D eigenvalue weighted by molar-refractivity contribution is -0.143. The van der Waals surface area contributed by atoms with Gasteiger partial charge in [0.15, 0.2) is 0 Å². The fraction of sp³-hybridized carbons (Fsp3) is 0.240. The predicted molar refractivity (Wildman–Crippen MR) is 121 cm³/mol. The lowest BCUT2D eigenvalue weighted by Crippen LogP contribution is -2.32. The number of carbonyl (C=O) groups excluding carboxylic acids is 2. The minimum atomic E-state index is -5.07. The first-order chi connectivity index (χ1) is 17.4. The summed E-state index contributed by atoms with van der Waals surface area (Å²) in [5, 5.41) is 0. The minimum absolute atomic E-state index is 0.00385. The molecule has 4 rings (SSSR count). The summed E-state index contributed by atoms with van der Waals surface area (Å²) in [6, 6.07) is 8.22. The highest BCUT2D eigenvalue weighted by Crippen LogP contribution is 2.39. The summed E-state index contributed by atoms with van der Waals surface area (Å²) in [7, 11) is 0. The number of nitrogens with one attached hydrogen (secondary N) is 1. The normalized spacial score (nSPS) is 16.1. The van der Waals surface area contributed by atoms with E-state index >= 15 is 0 Å². The van der Waals surface area contributed by atoms with Gasteiger partial charge in [0.25, 0.3) is 11.8 Å². The highest BCUT2D eigenvalue weighted by molar-refractivity contribution is 6.04. The Balaban J connectivity index is 1.72. The van der Waals surface area contributed by atoms with Crippen molar-refractivity contribution in [2.24, 2.45) is 5.84 Å². The molecule has 1 atom stereocenters. The smallest absolute Gasteiger partial charge is 0.338 e. The SMILES string of the molecule is NNC(=O)c1cc(C(=O)N2CCC(c3cccnc3)C2)ccc1-c1cc(C(F)(F)F)cc(C(F)(F)F)c1. The van der Waals surface area contributed by atoms with Crippen molar-refractivity contribution in [2.45, 2.75) is 24.7 Å². The van der Waals surface area contributed by atoms with Gasteiger partial charge in [0, 0.05) is 42.5 Å². The van der Waals surface area contributed by atoms with Crippen LogP contribution >= 0.6 is 0 Å². The molecule has 1 unspecified atom stereocenters. The van der Waals surface area contributed by atoms with Gasteiger partial charge in [0.1, 0.15) is 0 Å². The summed E-state index contributed by atoms with van der Waals surface area (Å²) in [6.45, 7) is 0.800. The van der Waals surface area contributed by atoms with Crippen LogP contribution in [-0.2, 0) is 12.4 Å². The molecule has 194 valence electrons. The van der Waals surface area contributed by atoms with Gasteiger partial charge in [0.05, 0.1) is 11.1 Å². The average molecular weight is 522 g/mol. The summed E-state index contributed by atoms with van der Waals surface area (Å²) >= 11 is 0. The van der Waals surface area contributed by atoms with E-state index < -0.39 is 40.9 Å². The van der Waals surface area contributed by atoms with Crippen molar-refractivity contribution in [1.82, 2.24) is 15.3 Å². The van der Waals surface area contributed by atoms with Crippen molar-refractivity contribution >= 4 is 11.8 Å². The lowest BCUT2D eigenvalue weighted by atomic mass is 9.93. The van der Waals surface area contributed by atoms with Gasteiger partial charge in [-0.1, -0.05) is 12.1 Å². The quantitative estimate of drug-likeness (QED) is 0.218. The summed E-state index contributed by atoms with van der Waals surface area (Å²) in [4.78, 5) is 31.3. The van der Waals surface area contributed by atoms with E-state index in [0.29, 0.717) is 31.6 Å². The fourth-order valence-corrected chi connectivity index (χ4v) is 4.32. The second-order valence-corrected chi connectivity index (χ2v) is 8.55. The van der Waals surface area contributed by atoms with Crippen LogP contribution in [0.1, 0.15) is 49.7 Å². The summed E-state index contributed by atoms with van der Waals surface area (Å²) in [5.74, 6) is 3.85. The Morgan fingerprint density at radius 1 is 0.973 bits per heavy atom. The number of benzene rings is 2. The molecule has 2 heterocycles. The Labute approximate surface area is 207 Å².